The molecule has 0 unspecified atom stereocenters. The van der Waals surface area contributed by atoms with Crippen molar-refractivity contribution in [3.63, 3.8) is 0 Å². The summed E-state index contributed by atoms with van der Waals surface area (Å²) in [6.45, 7) is 1.70. The number of amides is 1. The second kappa shape index (κ2) is 8.21. The Balaban J connectivity index is 1.62. The van der Waals surface area contributed by atoms with Crippen LogP contribution >= 0.6 is 27.3 Å². The molecule has 1 aliphatic rings. The summed E-state index contributed by atoms with van der Waals surface area (Å²) in [6, 6.07) is 11.2. The van der Waals surface area contributed by atoms with E-state index in [0.717, 1.165) is 27.8 Å². The van der Waals surface area contributed by atoms with Crippen molar-refractivity contribution in [2.75, 3.05) is 20.1 Å². The van der Waals surface area contributed by atoms with Gasteiger partial charge < -0.3 is 4.90 Å². The number of nitrogens with zero attached hydrogens (tertiary/aromatic N) is 2. The zero-order valence-corrected chi connectivity index (χ0v) is 17.7. The minimum absolute atomic E-state index is 0.0279. The second-order valence-corrected chi connectivity index (χ2v) is 10.6. The van der Waals surface area contributed by atoms with Crippen LogP contribution in [0.5, 0.6) is 0 Å². The molecule has 1 aliphatic heterocycles. The van der Waals surface area contributed by atoms with Crippen LogP contribution in [0.3, 0.4) is 0 Å². The molecule has 0 spiro atoms. The molecule has 0 saturated carbocycles. The van der Waals surface area contributed by atoms with Crippen LogP contribution < -0.4 is 0 Å². The molecule has 3 rings (SSSR count). The summed E-state index contributed by atoms with van der Waals surface area (Å²) in [5, 5.41) is 0. The maximum Gasteiger partial charge on any atom is 0.252 e. The van der Waals surface area contributed by atoms with Gasteiger partial charge in [0.1, 0.15) is 4.21 Å². The summed E-state index contributed by atoms with van der Waals surface area (Å²) in [6.07, 6.45) is 2.04. The van der Waals surface area contributed by atoms with Crippen LogP contribution in [0.4, 0.5) is 0 Å². The van der Waals surface area contributed by atoms with Gasteiger partial charge in [-0.3, -0.25) is 4.79 Å². The van der Waals surface area contributed by atoms with Gasteiger partial charge in [-0.2, -0.15) is 4.31 Å². The lowest BCUT2D eigenvalue weighted by atomic mass is 10.2. The van der Waals surface area contributed by atoms with E-state index in [1.165, 1.54) is 15.6 Å². The maximum absolute atomic E-state index is 12.6. The van der Waals surface area contributed by atoms with Crippen molar-refractivity contribution in [2.45, 2.75) is 30.0 Å². The SMILES string of the molecule is CN(Cc1ccc(Br)cc1)C(=O)Cc1ccc(S(=O)(=O)N2CCCC2)s1. The third-order valence-corrected chi connectivity index (χ3v) is 8.36. The summed E-state index contributed by atoms with van der Waals surface area (Å²) < 4.78 is 28.0. The van der Waals surface area contributed by atoms with Crippen LogP contribution in [-0.2, 0) is 27.8 Å². The fourth-order valence-corrected chi connectivity index (χ4v) is 6.17. The zero-order chi connectivity index (χ0) is 18.7. The molecule has 1 amide bonds. The van der Waals surface area contributed by atoms with Crippen LogP contribution in [0.1, 0.15) is 23.3 Å². The standard InChI is InChI=1S/C18H21BrN2O3S2/c1-20(13-14-4-6-15(19)7-5-14)17(22)12-16-8-9-18(25-16)26(23,24)21-10-2-3-11-21/h4-9H,2-3,10-13H2,1H3. The van der Waals surface area contributed by atoms with Crippen molar-refractivity contribution in [2.24, 2.45) is 0 Å². The first-order valence-corrected chi connectivity index (χ1v) is 11.5. The fourth-order valence-electron chi connectivity index (χ4n) is 2.88. The summed E-state index contributed by atoms with van der Waals surface area (Å²) in [5.41, 5.74) is 1.05. The van der Waals surface area contributed by atoms with E-state index in [1.807, 2.05) is 24.3 Å². The van der Waals surface area contributed by atoms with Crippen molar-refractivity contribution < 1.29 is 13.2 Å². The Morgan fingerprint density at radius 2 is 1.81 bits per heavy atom. The average molecular weight is 457 g/mol. The number of likely N-dealkylation sites (N-methyl/N-ethyl adjacent to an activating group) is 1. The van der Waals surface area contributed by atoms with Gasteiger partial charge in [-0.15, -0.1) is 11.3 Å². The van der Waals surface area contributed by atoms with Gasteiger partial charge in [-0.25, -0.2) is 8.42 Å². The van der Waals surface area contributed by atoms with Gasteiger partial charge in [0.05, 0.1) is 6.42 Å². The third-order valence-electron chi connectivity index (χ3n) is 4.38. The highest BCUT2D eigenvalue weighted by molar-refractivity contribution is 9.10. The molecule has 140 valence electrons. The molecular formula is C18H21BrN2O3S2. The Bertz CT molecular complexity index is 872. The highest BCUT2D eigenvalue weighted by Gasteiger charge is 2.28. The quantitative estimate of drug-likeness (QED) is 0.668. The lowest BCUT2D eigenvalue weighted by Crippen LogP contribution is -2.27. The minimum Gasteiger partial charge on any atom is -0.341 e. The molecule has 0 bridgehead atoms. The molecule has 1 aromatic heterocycles. The largest absolute Gasteiger partial charge is 0.341 e. The monoisotopic (exact) mass is 456 g/mol. The van der Waals surface area contributed by atoms with E-state index in [1.54, 1.807) is 24.1 Å². The zero-order valence-electron chi connectivity index (χ0n) is 14.5. The third kappa shape index (κ3) is 4.54. The average Bonchev–Trinajstić information content (AvgIpc) is 3.29. The molecule has 5 nitrogen and oxygen atoms in total. The minimum atomic E-state index is -3.40. The predicted molar refractivity (Wildman–Crippen MR) is 107 cm³/mol. The Hall–Kier alpha value is -1.22. The van der Waals surface area contributed by atoms with E-state index >= 15 is 0 Å². The van der Waals surface area contributed by atoms with Gasteiger partial charge in [0.25, 0.3) is 10.0 Å². The molecule has 26 heavy (non-hydrogen) atoms. The van der Waals surface area contributed by atoms with Crippen LogP contribution in [0.25, 0.3) is 0 Å². The van der Waals surface area contributed by atoms with Crippen molar-refractivity contribution in [3.05, 3.63) is 51.3 Å². The highest BCUT2D eigenvalue weighted by atomic mass is 79.9. The van der Waals surface area contributed by atoms with Gasteiger partial charge >= 0.3 is 0 Å². The summed E-state index contributed by atoms with van der Waals surface area (Å²) in [7, 11) is -1.64. The number of benzene rings is 1. The van der Waals surface area contributed by atoms with E-state index in [-0.39, 0.29) is 12.3 Å². The summed E-state index contributed by atoms with van der Waals surface area (Å²) in [4.78, 5) is 14.9. The first-order valence-electron chi connectivity index (χ1n) is 8.43. The predicted octanol–water partition coefficient (Wildman–Crippen LogP) is 3.50. The summed E-state index contributed by atoms with van der Waals surface area (Å²) >= 11 is 4.59. The van der Waals surface area contributed by atoms with Gasteiger partial charge in [0.15, 0.2) is 0 Å². The van der Waals surface area contributed by atoms with Gasteiger partial charge in [-0.05, 0) is 42.7 Å². The van der Waals surface area contributed by atoms with Crippen LogP contribution in [0.15, 0.2) is 45.1 Å². The number of thiophene rings is 1. The lowest BCUT2D eigenvalue weighted by Gasteiger charge is -2.17. The molecule has 1 aromatic carbocycles. The Morgan fingerprint density at radius 3 is 2.46 bits per heavy atom. The molecule has 8 heteroatoms. The molecule has 0 radical (unpaired) electrons. The van der Waals surface area contributed by atoms with Crippen molar-refractivity contribution in [1.29, 1.82) is 0 Å². The fraction of sp³-hybridized carbons (Fsp3) is 0.389. The number of halogens is 1. The number of hydrogen-bond acceptors (Lipinski definition) is 4. The molecule has 2 aromatic rings. The Labute approximate surface area is 166 Å². The van der Waals surface area contributed by atoms with Gasteiger partial charge in [0.2, 0.25) is 5.91 Å². The van der Waals surface area contributed by atoms with E-state index in [2.05, 4.69) is 15.9 Å². The number of sulfonamides is 1. The van der Waals surface area contributed by atoms with Gasteiger partial charge in [0, 0.05) is 36.0 Å². The number of hydrogen-bond donors (Lipinski definition) is 0. The molecule has 0 atom stereocenters. The number of carbonyl (C=O) groups is 1. The normalized spacial score (nSPS) is 15.3. The van der Waals surface area contributed by atoms with Crippen LogP contribution in [0.2, 0.25) is 0 Å². The van der Waals surface area contributed by atoms with E-state index in [4.69, 9.17) is 0 Å². The topological polar surface area (TPSA) is 57.7 Å². The Morgan fingerprint density at radius 1 is 1.15 bits per heavy atom. The lowest BCUT2D eigenvalue weighted by molar-refractivity contribution is -0.129. The number of carbonyl (C=O) groups excluding carboxylic acids is 1. The van der Waals surface area contributed by atoms with Crippen molar-refractivity contribution >= 4 is 43.2 Å². The highest BCUT2D eigenvalue weighted by Crippen LogP contribution is 2.27. The van der Waals surface area contributed by atoms with E-state index < -0.39 is 10.0 Å². The molecule has 0 N–H and O–H groups in total. The molecule has 1 saturated heterocycles. The molecule has 0 aliphatic carbocycles. The first-order chi connectivity index (χ1) is 12.4. The molecule has 1 fully saturated rings. The molecular weight excluding hydrogens is 436 g/mol. The van der Waals surface area contributed by atoms with E-state index in [9.17, 15) is 13.2 Å². The molecule has 2 heterocycles. The second-order valence-electron chi connectivity index (χ2n) is 6.38. The smallest absolute Gasteiger partial charge is 0.252 e. The Kier molecular flexibility index (Phi) is 6.17. The van der Waals surface area contributed by atoms with Crippen molar-refractivity contribution in [3.8, 4) is 0 Å². The number of rotatable bonds is 6. The maximum atomic E-state index is 12.6. The van der Waals surface area contributed by atoms with E-state index in [0.29, 0.717) is 23.8 Å². The first kappa shape index (κ1) is 19.5. The van der Waals surface area contributed by atoms with Crippen LogP contribution in [-0.4, -0.2) is 43.7 Å². The van der Waals surface area contributed by atoms with Crippen LogP contribution in [0, 0.1) is 0 Å². The van der Waals surface area contributed by atoms with Crippen molar-refractivity contribution in [1.82, 2.24) is 9.21 Å². The summed E-state index contributed by atoms with van der Waals surface area (Å²) in [5.74, 6) is -0.0279. The van der Waals surface area contributed by atoms with Gasteiger partial charge in [-0.1, -0.05) is 28.1 Å².